The number of aliphatic hydroxyl groups is 1. The molecule has 2 N–H and O–H groups in total. The summed E-state index contributed by atoms with van der Waals surface area (Å²) in [7, 11) is 0. The van der Waals surface area contributed by atoms with Crippen molar-refractivity contribution in [1.82, 2.24) is 29.5 Å². The van der Waals surface area contributed by atoms with Crippen molar-refractivity contribution in [2.24, 2.45) is 0 Å². The number of benzene rings is 3. The van der Waals surface area contributed by atoms with Crippen molar-refractivity contribution in [3.05, 3.63) is 128 Å². The van der Waals surface area contributed by atoms with Crippen LogP contribution in [0.3, 0.4) is 0 Å². The molecule has 0 radical (unpaired) electrons. The first-order chi connectivity index (χ1) is 24.3. The van der Waals surface area contributed by atoms with Gasteiger partial charge < -0.3 is 20.1 Å². The maximum absolute atomic E-state index is 14.2. The molecule has 2 amide bonds. The summed E-state index contributed by atoms with van der Waals surface area (Å²) in [5.41, 5.74) is 0.876. The van der Waals surface area contributed by atoms with E-state index in [1.54, 1.807) is 56.4 Å². The van der Waals surface area contributed by atoms with Crippen LogP contribution in [0.4, 0.5) is 13.2 Å². The second kappa shape index (κ2) is 14.5. The Morgan fingerprint density at radius 1 is 1.08 bits per heavy atom. The van der Waals surface area contributed by atoms with Crippen molar-refractivity contribution in [2.45, 2.75) is 51.8 Å². The average Bonchev–Trinajstić information content (AvgIpc) is 3.40. The molecule has 0 saturated heterocycles. The normalized spacial score (nSPS) is 14.9. The first kappa shape index (κ1) is 35.5. The summed E-state index contributed by atoms with van der Waals surface area (Å²) in [5, 5.41) is 20.6. The molecule has 264 valence electrons. The first-order valence-corrected chi connectivity index (χ1v) is 16.7. The van der Waals surface area contributed by atoms with E-state index >= 15 is 0 Å². The van der Waals surface area contributed by atoms with Crippen LogP contribution in [0.5, 0.6) is 5.75 Å². The molecule has 6 rings (SSSR count). The van der Waals surface area contributed by atoms with Gasteiger partial charge in [-0.3, -0.25) is 18.7 Å². The van der Waals surface area contributed by atoms with Gasteiger partial charge in [-0.1, -0.05) is 40.2 Å². The highest BCUT2D eigenvalue weighted by Gasteiger charge is 2.37. The van der Waals surface area contributed by atoms with Crippen LogP contribution in [0.15, 0.2) is 94.3 Å². The molecule has 0 bridgehead atoms. The highest BCUT2D eigenvalue weighted by molar-refractivity contribution is 9.10. The van der Waals surface area contributed by atoms with E-state index in [1.165, 1.54) is 26.2 Å². The first-order valence-electron chi connectivity index (χ1n) is 15.9. The number of amides is 2. The zero-order chi connectivity index (χ0) is 36.4. The lowest BCUT2D eigenvalue weighted by Gasteiger charge is -2.34. The summed E-state index contributed by atoms with van der Waals surface area (Å²) in [5.74, 6) is -0.869. The molecule has 15 heteroatoms. The second-order valence-corrected chi connectivity index (χ2v) is 13.0. The lowest BCUT2D eigenvalue weighted by Crippen LogP contribution is -2.47. The Morgan fingerprint density at radius 3 is 2.51 bits per heavy atom. The van der Waals surface area contributed by atoms with Gasteiger partial charge in [0.25, 0.3) is 11.8 Å². The molecule has 0 aliphatic carbocycles. The number of aliphatic hydroxyl groups excluding tert-OH is 1. The number of aromatic nitrogens is 4. The van der Waals surface area contributed by atoms with E-state index in [-0.39, 0.29) is 47.7 Å². The van der Waals surface area contributed by atoms with Gasteiger partial charge in [-0.15, -0.1) is 0 Å². The van der Waals surface area contributed by atoms with Gasteiger partial charge in [0.05, 0.1) is 35.3 Å². The zero-order valence-electron chi connectivity index (χ0n) is 27.4. The SMILES string of the molecule is C[C@H](O)COc1ccc(-n2c(C(=O)NCc3ccccc3-c3cccnn3)c3n(c2=O)C[C@@H](C)N(C(=O)c2ccc(Br)c(C(F)(F)F)c2)C3)cc1. The Morgan fingerprint density at radius 2 is 1.82 bits per heavy atom. The Bertz CT molecular complexity index is 2130. The minimum atomic E-state index is -4.70. The Balaban J connectivity index is 1.39. The van der Waals surface area contributed by atoms with Crippen LogP contribution in [0.1, 0.15) is 51.5 Å². The lowest BCUT2D eigenvalue weighted by atomic mass is 10.0. The molecule has 3 aromatic carbocycles. The summed E-state index contributed by atoms with van der Waals surface area (Å²) in [6.07, 6.45) is -3.85. The smallest absolute Gasteiger partial charge is 0.417 e. The van der Waals surface area contributed by atoms with Crippen LogP contribution in [0.25, 0.3) is 16.9 Å². The quantitative estimate of drug-likeness (QED) is 0.200. The van der Waals surface area contributed by atoms with Gasteiger partial charge in [0.1, 0.15) is 18.1 Å². The summed E-state index contributed by atoms with van der Waals surface area (Å²) in [6, 6.07) is 19.9. The number of imidazole rings is 1. The standard InChI is InChI=1S/C36H32BrF3N6O5/c1-21-18-45-31(19-44(21)34(49)23-9-14-29(37)28(16-23)36(38,39)40)32(46(35(45)50)25-10-12-26(13-11-25)51-20-22(2)47)33(48)41-17-24-6-3-4-7-27(24)30-8-5-15-42-43-30/h3-16,21-22,47H,17-20H2,1-2H3,(H,41,48)/t21-,22+/m1/s1. The summed E-state index contributed by atoms with van der Waals surface area (Å²) in [4.78, 5) is 43.4. The van der Waals surface area contributed by atoms with E-state index in [4.69, 9.17) is 4.74 Å². The van der Waals surface area contributed by atoms with Crippen LogP contribution in [0, 0.1) is 0 Å². The van der Waals surface area contributed by atoms with E-state index in [0.717, 1.165) is 17.2 Å². The molecule has 0 unspecified atom stereocenters. The lowest BCUT2D eigenvalue weighted by molar-refractivity contribution is -0.138. The summed E-state index contributed by atoms with van der Waals surface area (Å²) >= 11 is 2.92. The predicted molar refractivity (Wildman–Crippen MR) is 184 cm³/mol. The van der Waals surface area contributed by atoms with Crippen LogP contribution in [0.2, 0.25) is 0 Å². The minimum Gasteiger partial charge on any atom is -0.491 e. The zero-order valence-corrected chi connectivity index (χ0v) is 29.0. The number of halogens is 4. The van der Waals surface area contributed by atoms with Gasteiger partial charge in [-0.2, -0.15) is 23.4 Å². The number of hydrogen-bond acceptors (Lipinski definition) is 7. The molecule has 0 spiro atoms. The molecule has 5 aromatic rings. The Labute approximate surface area is 298 Å². The monoisotopic (exact) mass is 764 g/mol. The average molecular weight is 766 g/mol. The summed E-state index contributed by atoms with van der Waals surface area (Å²) < 4.78 is 49.2. The maximum Gasteiger partial charge on any atom is 0.417 e. The van der Waals surface area contributed by atoms with Crippen LogP contribution in [-0.4, -0.2) is 59.9 Å². The fraction of sp³-hybridized carbons (Fsp3) is 0.250. The molecule has 2 atom stereocenters. The fourth-order valence-electron chi connectivity index (χ4n) is 5.94. The number of ether oxygens (including phenoxy) is 1. The molecule has 2 aromatic heterocycles. The van der Waals surface area contributed by atoms with E-state index in [2.05, 4.69) is 31.4 Å². The Hall–Kier alpha value is -5.28. The number of nitrogens with one attached hydrogen (secondary N) is 1. The van der Waals surface area contributed by atoms with Crippen molar-refractivity contribution in [3.8, 4) is 22.7 Å². The van der Waals surface area contributed by atoms with Crippen LogP contribution < -0.4 is 15.7 Å². The highest BCUT2D eigenvalue weighted by atomic mass is 79.9. The van der Waals surface area contributed by atoms with E-state index in [1.807, 2.05) is 24.3 Å². The number of fused-ring (bicyclic) bond motifs is 1. The maximum atomic E-state index is 14.2. The van der Waals surface area contributed by atoms with Crippen molar-refractivity contribution >= 4 is 27.7 Å². The molecule has 51 heavy (non-hydrogen) atoms. The third-order valence-corrected chi connectivity index (χ3v) is 9.12. The predicted octanol–water partition coefficient (Wildman–Crippen LogP) is 5.61. The van der Waals surface area contributed by atoms with Gasteiger partial charge in [-0.05, 0) is 74.0 Å². The number of hydrogen-bond donors (Lipinski definition) is 2. The second-order valence-electron chi connectivity index (χ2n) is 12.1. The van der Waals surface area contributed by atoms with Crippen LogP contribution in [-0.2, 0) is 25.8 Å². The minimum absolute atomic E-state index is 0.0130. The van der Waals surface area contributed by atoms with Crippen molar-refractivity contribution in [2.75, 3.05) is 6.61 Å². The Kier molecular flexibility index (Phi) is 10.1. The van der Waals surface area contributed by atoms with Crippen molar-refractivity contribution in [3.63, 3.8) is 0 Å². The molecular weight excluding hydrogens is 733 g/mol. The van der Waals surface area contributed by atoms with Crippen LogP contribution >= 0.6 is 15.9 Å². The molecule has 1 aliphatic rings. The number of carbonyl (C=O) groups is 2. The van der Waals surface area contributed by atoms with Gasteiger partial charge in [0, 0.05) is 40.9 Å². The fourth-order valence-corrected chi connectivity index (χ4v) is 6.41. The van der Waals surface area contributed by atoms with Crippen molar-refractivity contribution < 1.29 is 32.6 Å². The molecular formula is C36H32BrF3N6O5. The van der Waals surface area contributed by atoms with Crippen molar-refractivity contribution in [1.29, 1.82) is 0 Å². The number of rotatable bonds is 9. The third kappa shape index (κ3) is 7.44. The molecule has 3 heterocycles. The van der Waals surface area contributed by atoms with Gasteiger partial charge >= 0.3 is 11.9 Å². The summed E-state index contributed by atoms with van der Waals surface area (Å²) in [6.45, 7) is 3.13. The topological polar surface area (TPSA) is 132 Å². The number of alkyl halides is 3. The largest absolute Gasteiger partial charge is 0.491 e. The number of carbonyl (C=O) groups excluding carboxylic acids is 2. The van der Waals surface area contributed by atoms with E-state index in [0.29, 0.717) is 17.1 Å². The third-order valence-electron chi connectivity index (χ3n) is 8.43. The molecule has 1 aliphatic heterocycles. The van der Waals surface area contributed by atoms with E-state index < -0.39 is 41.4 Å². The molecule has 11 nitrogen and oxygen atoms in total. The molecule has 0 saturated carbocycles. The van der Waals surface area contributed by atoms with Gasteiger partial charge in [0.2, 0.25) is 0 Å². The van der Waals surface area contributed by atoms with Gasteiger partial charge in [0.15, 0.2) is 0 Å². The number of nitrogens with zero attached hydrogens (tertiary/aromatic N) is 5. The van der Waals surface area contributed by atoms with E-state index in [9.17, 15) is 32.7 Å². The highest BCUT2D eigenvalue weighted by Crippen LogP contribution is 2.36. The van der Waals surface area contributed by atoms with Gasteiger partial charge in [-0.25, -0.2) is 4.79 Å². The molecule has 0 fully saturated rings.